The summed E-state index contributed by atoms with van der Waals surface area (Å²) < 4.78 is 65.6. The molecule has 10 nitrogen and oxygen atoms in total. The summed E-state index contributed by atoms with van der Waals surface area (Å²) in [6, 6.07) is 2.23. The van der Waals surface area contributed by atoms with Gasteiger partial charge < -0.3 is 29.0 Å². The molecule has 0 saturated carbocycles. The van der Waals surface area contributed by atoms with E-state index < -0.39 is 60.2 Å². The first-order chi connectivity index (χ1) is 15.4. The maximum Gasteiger partial charge on any atom is 0.416 e. The summed E-state index contributed by atoms with van der Waals surface area (Å²) in [5, 5.41) is 2.09. The number of benzene rings is 1. The monoisotopic (exact) mass is 477 g/mol. The van der Waals surface area contributed by atoms with Crippen molar-refractivity contribution in [3.05, 3.63) is 23.8 Å². The average Bonchev–Trinajstić information content (AvgIpc) is 2.71. The van der Waals surface area contributed by atoms with Crippen LogP contribution in [0, 0.1) is 5.92 Å². The van der Waals surface area contributed by atoms with Crippen LogP contribution in [0.4, 0.5) is 18.9 Å². The van der Waals surface area contributed by atoms with E-state index in [4.69, 9.17) is 23.7 Å². The molecule has 0 unspecified atom stereocenters. The van der Waals surface area contributed by atoms with Gasteiger partial charge in [0.1, 0.15) is 5.75 Å². The van der Waals surface area contributed by atoms with Crippen molar-refractivity contribution in [2.24, 2.45) is 5.92 Å². The summed E-state index contributed by atoms with van der Waals surface area (Å²) in [7, 11) is 1.09. The number of alkyl halides is 3. The molecule has 1 aromatic rings. The number of rotatable bonds is 7. The summed E-state index contributed by atoms with van der Waals surface area (Å²) in [6.45, 7) is 3.65. The second kappa shape index (κ2) is 10.5. The molecular formula is C20H22F3NO9. The number of halogens is 3. The van der Waals surface area contributed by atoms with Crippen LogP contribution in [0.3, 0.4) is 0 Å². The molecule has 0 aromatic heterocycles. The number of carbonyl (C=O) groups is 4. The van der Waals surface area contributed by atoms with Crippen LogP contribution >= 0.6 is 0 Å². The number of amides is 1. The normalized spacial score (nSPS) is 24.9. The highest BCUT2D eigenvalue weighted by Crippen LogP contribution is 2.38. The first-order valence-electron chi connectivity index (χ1n) is 9.54. The van der Waals surface area contributed by atoms with Crippen molar-refractivity contribution in [3.8, 4) is 5.75 Å². The van der Waals surface area contributed by atoms with Crippen LogP contribution in [0.25, 0.3) is 0 Å². The Kier molecular flexibility index (Phi) is 8.25. The highest BCUT2D eigenvalue weighted by molar-refractivity contribution is 5.76. The van der Waals surface area contributed by atoms with Crippen LogP contribution in [0.2, 0.25) is 0 Å². The Labute approximate surface area is 186 Å². The maximum atomic E-state index is 13.1. The smallest absolute Gasteiger partial charge is 0.416 e. The van der Waals surface area contributed by atoms with E-state index in [1.54, 1.807) is 0 Å². The van der Waals surface area contributed by atoms with E-state index in [1.165, 1.54) is 6.92 Å². The van der Waals surface area contributed by atoms with E-state index >= 15 is 0 Å². The van der Waals surface area contributed by atoms with Crippen molar-refractivity contribution in [2.45, 2.75) is 51.5 Å². The van der Waals surface area contributed by atoms with Crippen molar-refractivity contribution in [2.75, 3.05) is 12.4 Å². The van der Waals surface area contributed by atoms with Crippen LogP contribution in [0.1, 0.15) is 26.3 Å². The molecule has 1 heterocycles. The third-order valence-electron chi connectivity index (χ3n) is 4.67. The maximum absolute atomic E-state index is 13.1. The summed E-state index contributed by atoms with van der Waals surface area (Å²) in [5.74, 6) is -3.57. The average molecular weight is 477 g/mol. The lowest BCUT2D eigenvalue weighted by Crippen LogP contribution is -2.60. The van der Waals surface area contributed by atoms with Gasteiger partial charge >= 0.3 is 24.1 Å². The minimum Gasteiger partial charge on any atom is -0.467 e. The summed E-state index contributed by atoms with van der Waals surface area (Å²) in [6.07, 6.45) is -10.2. The van der Waals surface area contributed by atoms with Crippen LogP contribution < -0.4 is 10.1 Å². The molecule has 2 rings (SSSR count). The molecular weight excluding hydrogens is 455 g/mol. The molecule has 1 aliphatic rings. The molecule has 0 radical (unpaired) electrons. The van der Waals surface area contributed by atoms with E-state index in [0.29, 0.717) is 12.1 Å². The van der Waals surface area contributed by atoms with E-state index in [9.17, 15) is 32.3 Å². The van der Waals surface area contributed by atoms with Gasteiger partial charge in [0, 0.05) is 19.8 Å². The Morgan fingerprint density at radius 1 is 1.09 bits per heavy atom. The number of ether oxygens (including phenoxy) is 5. The summed E-state index contributed by atoms with van der Waals surface area (Å²) >= 11 is 0. The third-order valence-corrected chi connectivity index (χ3v) is 4.67. The fourth-order valence-electron chi connectivity index (χ4n) is 3.24. The minimum absolute atomic E-state index is 0.134. The van der Waals surface area contributed by atoms with Crippen LogP contribution in [-0.4, -0.2) is 56.0 Å². The number of hydrogen-bond donors (Lipinski definition) is 1. The first-order valence-corrected chi connectivity index (χ1v) is 9.54. The first kappa shape index (κ1) is 25.9. The molecule has 5 atom stereocenters. The molecule has 1 fully saturated rings. The molecule has 0 spiro atoms. The zero-order valence-corrected chi connectivity index (χ0v) is 18.0. The van der Waals surface area contributed by atoms with Gasteiger partial charge in [0.2, 0.25) is 18.8 Å². The molecule has 13 heteroatoms. The van der Waals surface area contributed by atoms with Crippen molar-refractivity contribution in [3.63, 3.8) is 0 Å². The predicted octanol–water partition coefficient (Wildman–Crippen LogP) is 2.05. The predicted molar refractivity (Wildman–Crippen MR) is 103 cm³/mol. The number of esters is 3. The SMILES string of the molecule is COC(=O)[C@H]1O[C@@H](Oc2ccc(C(F)(F)F)cc2NC=O)[C@H](OC(C)=O)[C@@H](OC(C)=O)[C@@H]1C. The number of anilines is 1. The highest BCUT2D eigenvalue weighted by atomic mass is 19.4. The van der Waals surface area contributed by atoms with E-state index in [-0.39, 0.29) is 17.8 Å². The fourth-order valence-corrected chi connectivity index (χ4v) is 3.24. The molecule has 0 aliphatic carbocycles. The Morgan fingerprint density at radius 3 is 2.21 bits per heavy atom. The van der Waals surface area contributed by atoms with Gasteiger partial charge in [0.05, 0.1) is 18.4 Å². The molecule has 1 aromatic carbocycles. The van der Waals surface area contributed by atoms with Gasteiger partial charge in [-0.3, -0.25) is 14.4 Å². The second-order valence-electron chi connectivity index (χ2n) is 7.04. The van der Waals surface area contributed by atoms with Crippen LogP contribution in [0.15, 0.2) is 18.2 Å². The van der Waals surface area contributed by atoms with E-state index in [1.807, 2.05) is 0 Å². The Balaban J connectivity index is 2.50. The van der Waals surface area contributed by atoms with Gasteiger partial charge in [0.25, 0.3) is 0 Å². The van der Waals surface area contributed by atoms with Gasteiger partial charge in [-0.2, -0.15) is 13.2 Å². The minimum atomic E-state index is -4.70. The zero-order valence-electron chi connectivity index (χ0n) is 18.0. The van der Waals surface area contributed by atoms with Gasteiger partial charge in [0.15, 0.2) is 12.2 Å². The topological polar surface area (TPSA) is 126 Å². The Morgan fingerprint density at radius 2 is 1.70 bits per heavy atom. The van der Waals surface area contributed by atoms with Gasteiger partial charge in [-0.05, 0) is 18.2 Å². The standard InChI is InChI=1S/C20H22F3NO9/c1-9-15(30-10(2)26)17(31-11(3)27)19(33-16(9)18(28)29-4)32-14-6-5-12(20(21,22)23)7-13(14)24-8-25/h5-9,15-17,19H,1-4H3,(H,24,25)/t9-,15-,16-,17+,19+/m0/s1. The number of nitrogens with one attached hydrogen (secondary N) is 1. The van der Waals surface area contributed by atoms with Crippen LogP contribution in [-0.2, 0) is 44.3 Å². The fraction of sp³-hybridized carbons (Fsp3) is 0.500. The Bertz CT molecular complexity index is 905. The third kappa shape index (κ3) is 6.34. The number of carbonyl (C=O) groups excluding carboxylic acids is 4. The lowest BCUT2D eigenvalue weighted by molar-refractivity contribution is -0.266. The molecule has 1 N–H and O–H groups in total. The van der Waals surface area contributed by atoms with Gasteiger partial charge in [-0.25, -0.2) is 4.79 Å². The van der Waals surface area contributed by atoms with Gasteiger partial charge in [-0.15, -0.1) is 0 Å². The lowest BCUT2D eigenvalue weighted by atomic mass is 9.90. The number of methoxy groups -OCH3 is 1. The highest BCUT2D eigenvalue weighted by Gasteiger charge is 2.52. The second-order valence-corrected chi connectivity index (χ2v) is 7.04. The van der Waals surface area contributed by atoms with Crippen molar-refractivity contribution < 1.29 is 56.0 Å². The largest absolute Gasteiger partial charge is 0.467 e. The molecule has 33 heavy (non-hydrogen) atoms. The summed E-state index contributed by atoms with van der Waals surface area (Å²) in [4.78, 5) is 46.5. The number of hydrogen-bond acceptors (Lipinski definition) is 9. The van der Waals surface area contributed by atoms with Crippen molar-refractivity contribution in [1.29, 1.82) is 0 Å². The molecule has 1 saturated heterocycles. The zero-order chi connectivity index (χ0) is 24.9. The lowest BCUT2D eigenvalue weighted by Gasteiger charge is -2.42. The molecule has 182 valence electrons. The quantitative estimate of drug-likeness (QED) is 0.357. The van der Waals surface area contributed by atoms with Crippen molar-refractivity contribution in [1.82, 2.24) is 0 Å². The van der Waals surface area contributed by atoms with E-state index in [0.717, 1.165) is 27.0 Å². The molecule has 1 aliphatic heterocycles. The molecule has 1 amide bonds. The van der Waals surface area contributed by atoms with E-state index in [2.05, 4.69) is 5.32 Å². The molecule has 0 bridgehead atoms. The van der Waals surface area contributed by atoms with Crippen LogP contribution in [0.5, 0.6) is 5.75 Å². The van der Waals surface area contributed by atoms with Gasteiger partial charge in [-0.1, -0.05) is 6.92 Å². The van der Waals surface area contributed by atoms with Crippen molar-refractivity contribution >= 4 is 30.0 Å². The Hall–Kier alpha value is -3.35. The summed E-state index contributed by atoms with van der Waals surface area (Å²) in [5.41, 5.74) is -1.44.